The van der Waals surface area contributed by atoms with Crippen molar-refractivity contribution in [3.8, 4) is 17.1 Å². The molecule has 3 rings (SSSR count). The van der Waals surface area contributed by atoms with Gasteiger partial charge in [0, 0.05) is 11.6 Å². The standard InChI is InChI=1S/C16H12ClN5O3S/c1-25-14-5-3-2-4-11(14)15-19-20-16(26)21(15)18-9-10-6-7-12(17)13(8-10)22(23)24/h2-9H,1H3,(H,20,26). The second-order valence-corrected chi connectivity index (χ2v) is 5.87. The van der Waals surface area contributed by atoms with Gasteiger partial charge < -0.3 is 4.74 Å². The number of hydrogen-bond donors (Lipinski definition) is 1. The summed E-state index contributed by atoms with van der Waals surface area (Å²) in [6.45, 7) is 0. The van der Waals surface area contributed by atoms with Crippen LogP contribution in [-0.2, 0) is 0 Å². The maximum absolute atomic E-state index is 11.0. The Labute approximate surface area is 157 Å². The molecule has 0 aliphatic carbocycles. The predicted octanol–water partition coefficient (Wildman–Crippen LogP) is 4.06. The Balaban J connectivity index is 2.03. The van der Waals surface area contributed by atoms with Crippen LogP contribution in [0, 0.1) is 14.9 Å². The molecule has 10 heteroatoms. The van der Waals surface area contributed by atoms with E-state index in [0.717, 1.165) is 0 Å². The fourth-order valence-corrected chi connectivity index (χ4v) is 2.64. The van der Waals surface area contributed by atoms with Crippen LogP contribution in [0.5, 0.6) is 5.75 Å². The Hall–Kier alpha value is -3.04. The van der Waals surface area contributed by atoms with Crippen molar-refractivity contribution < 1.29 is 9.66 Å². The van der Waals surface area contributed by atoms with E-state index in [2.05, 4.69) is 15.3 Å². The maximum atomic E-state index is 11.0. The summed E-state index contributed by atoms with van der Waals surface area (Å²) in [5.74, 6) is 1.06. The molecule has 1 N–H and O–H groups in total. The van der Waals surface area contributed by atoms with E-state index in [-0.39, 0.29) is 15.5 Å². The van der Waals surface area contributed by atoms with Crippen LogP contribution in [0.3, 0.4) is 0 Å². The summed E-state index contributed by atoms with van der Waals surface area (Å²) in [7, 11) is 1.56. The molecule has 0 atom stereocenters. The van der Waals surface area contributed by atoms with Crippen LogP contribution in [0.1, 0.15) is 5.56 Å². The molecule has 1 aromatic heterocycles. The largest absolute Gasteiger partial charge is 0.496 e. The van der Waals surface area contributed by atoms with E-state index in [9.17, 15) is 10.1 Å². The number of benzene rings is 2. The minimum atomic E-state index is -0.552. The maximum Gasteiger partial charge on any atom is 0.288 e. The Morgan fingerprint density at radius 3 is 2.88 bits per heavy atom. The van der Waals surface area contributed by atoms with Gasteiger partial charge in [-0.25, -0.2) is 5.10 Å². The molecule has 0 saturated heterocycles. The first-order chi connectivity index (χ1) is 12.5. The van der Waals surface area contributed by atoms with Gasteiger partial charge in [-0.15, -0.1) is 0 Å². The lowest BCUT2D eigenvalue weighted by molar-refractivity contribution is -0.384. The van der Waals surface area contributed by atoms with Crippen LogP contribution in [0.25, 0.3) is 11.4 Å². The molecule has 0 bridgehead atoms. The smallest absolute Gasteiger partial charge is 0.288 e. The number of methoxy groups -OCH3 is 1. The highest BCUT2D eigenvalue weighted by atomic mass is 35.5. The van der Waals surface area contributed by atoms with Crippen LogP contribution in [0.4, 0.5) is 5.69 Å². The number of nitro groups is 1. The number of ether oxygens (including phenoxy) is 1. The van der Waals surface area contributed by atoms with Crippen molar-refractivity contribution in [2.24, 2.45) is 5.10 Å². The van der Waals surface area contributed by atoms with E-state index in [1.54, 1.807) is 19.2 Å². The van der Waals surface area contributed by atoms with Crippen molar-refractivity contribution in [1.29, 1.82) is 0 Å². The summed E-state index contributed by atoms with van der Waals surface area (Å²) >= 11 is 11.0. The van der Waals surface area contributed by atoms with E-state index >= 15 is 0 Å². The molecule has 3 aromatic rings. The number of aromatic amines is 1. The van der Waals surface area contributed by atoms with Crippen LogP contribution >= 0.6 is 23.8 Å². The summed E-state index contributed by atoms with van der Waals surface area (Å²) < 4.78 is 7.02. The van der Waals surface area contributed by atoms with E-state index in [1.165, 1.54) is 23.0 Å². The number of nitrogens with zero attached hydrogens (tertiary/aromatic N) is 4. The SMILES string of the molecule is COc1ccccc1-c1n[nH]c(=S)n1N=Cc1ccc(Cl)c([N+](=O)[O-])c1. The lowest BCUT2D eigenvalue weighted by atomic mass is 10.2. The third-order valence-corrected chi connectivity index (χ3v) is 4.07. The second-order valence-electron chi connectivity index (χ2n) is 5.08. The van der Waals surface area contributed by atoms with Crippen molar-refractivity contribution >= 4 is 35.7 Å². The molecule has 2 aromatic carbocycles. The first-order valence-electron chi connectivity index (χ1n) is 7.30. The molecule has 0 amide bonds. The minimum Gasteiger partial charge on any atom is -0.496 e. The van der Waals surface area contributed by atoms with Gasteiger partial charge in [0.25, 0.3) is 5.69 Å². The van der Waals surface area contributed by atoms with Crippen molar-refractivity contribution in [3.63, 3.8) is 0 Å². The number of H-pyrrole nitrogens is 1. The zero-order chi connectivity index (χ0) is 18.7. The lowest BCUT2D eigenvalue weighted by Crippen LogP contribution is -1.97. The Morgan fingerprint density at radius 2 is 2.15 bits per heavy atom. The van der Waals surface area contributed by atoms with E-state index in [1.807, 2.05) is 18.2 Å². The van der Waals surface area contributed by atoms with Crippen molar-refractivity contribution in [2.75, 3.05) is 7.11 Å². The zero-order valence-corrected chi connectivity index (χ0v) is 15.0. The number of nitro benzene ring substituents is 1. The number of aromatic nitrogens is 3. The summed E-state index contributed by atoms with van der Waals surface area (Å²) in [6, 6.07) is 11.7. The van der Waals surface area contributed by atoms with Crippen LogP contribution in [-0.4, -0.2) is 33.1 Å². The number of nitrogens with one attached hydrogen (secondary N) is 1. The van der Waals surface area contributed by atoms with Gasteiger partial charge in [-0.05, 0) is 30.4 Å². The van der Waals surface area contributed by atoms with Crippen LogP contribution in [0.2, 0.25) is 5.02 Å². The first-order valence-corrected chi connectivity index (χ1v) is 8.09. The van der Waals surface area contributed by atoms with Crippen LogP contribution < -0.4 is 4.74 Å². The molecule has 0 aliphatic rings. The normalized spacial score (nSPS) is 11.0. The monoisotopic (exact) mass is 389 g/mol. The average Bonchev–Trinajstić information content (AvgIpc) is 3.01. The first kappa shape index (κ1) is 17.8. The van der Waals surface area contributed by atoms with Gasteiger partial charge in [0.1, 0.15) is 10.8 Å². The van der Waals surface area contributed by atoms with E-state index in [4.69, 9.17) is 28.6 Å². The quantitative estimate of drug-likeness (QED) is 0.307. The Kier molecular flexibility index (Phi) is 5.10. The topological polar surface area (TPSA) is 98.3 Å². The predicted molar refractivity (Wildman–Crippen MR) is 100 cm³/mol. The fourth-order valence-electron chi connectivity index (χ4n) is 2.28. The average molecular weight is 390 g/mol. The molecular formula is C16H12ClN5O3S. The van der Waals surface area contributed by atoms with Gasteiger partial charge in [-0.2, -0.15) is 14.9 Å². The lowest BCUT2D eigenvalue weighted by Gasteiger charge is -2.06. The third-order valence-electron chi connectivity index (χ3n) is 3.49. The third kappa shape index (κ3) is 3.48. The molecule has 0 radical (unpaired) electrons. The van der Waals surface area contributed by atoms with E-state index < -0.39 is 4.92 Å². The molecule has 0 aliphatic heterocycles. The number of halogens is 1. The summed E-state index contributed by atoms with van der Waals surface area (Å²) in [5, 5.41) is 22.2. The zero-order valence-electron chi connectivity index (χ0n) is 13.4. The van der Waals surface area contributed by atoms with Crippen molar-refractivity contribution in [1.82, 2.24) is 14.9 Å². The van der Waals surface area contributed by atoms with Gasteiger partial charge in [0.05, 0.1) is 23.8 Å². The fraction of sp³-hybridized carbons (Fsp3) is 0.0625. The number of hydrogen-bond acceptors (Lipinski definition) is 6. The molecule has 132 valence electrons. The molecule has 8 nitrogen and oxygen atoms in total. The molecule has 0 unspecified atom stereocenters. The minimum absolute atomic E-state index is 0.0572. The highest BCUT2D eigenvalue weighted by Gasteiger charge is 2.14. The molecule has 1 heterocycles. The molecule has 26 heavy (non-hydrogen) atoms. The second kappa shape index (κ2) is 7.46. The summed E-state index contributed by atoms with van der Waals surface area (Å²) in [5.41, 5.74) is 0.994. The highest BCUT2D eigenvalue weighted by Crippen LogP contribution is 2.28. The molecule has 0 spiro atoms. The van der Waals surface area contributed by atoms with Crippen molar-refractivity contribution in [3.05, 3.63) is 67.9 Å². The van der Waals surface area contributed by atoms with Gasteiger partial charge in [0.15, 0.2) is 5.82 Å². The molecule has 0 saturated carbocycles. The molecule has 0 fully saturated rings. The number of rotatable bonds is 5. The Bertz CT molecular complexity index is 1060. The van der Waals surface area contributed by atoms with Crippen molar-refractivity contribution in [2.45, 2.75) is 0 Å². The van der Waals surface area contributed by atoms with Gasteiger partial charge >= 0.3 is 0 Å². The number of para-hydroxylation sites is 1. The Morgan fingerprint density at radius 1 is 1.38 bits per heavy atom. The van der Waals surface area contributed by atoms with Gasteiger partial charge in [0.2, 0.25) is 4.77 Å². The summed E-state index contributed by atoms with van der Waals surface area (Å²) in [4.78, 5) is 10.4. The molecular weight excluding hydrogens is 378 g/mol. The highest BCUT2D eigenvalue weighted by molar-refractivity contribution is 7.71. The van der Waals surface area contributed by atoms with Gasteiger partial charge in [-0.1, -0.05) is 29.8 Å². The van der Waals surface area contributed by atoms with E-state index in [0.29, 0.717) is 22.7 Å². The van der Waals surface area contributed by atoms with Gasteiger partial charge in [-0.3, -0.25) is 10.1 Å². The summed E-state index contributed by atoms with van der Waals surface area (Å²) in [6.07, 6.45) is 1.44. The van der Waals surface area contributed by atoms with Crippen LogP contribution in [0.15, 0.2) is 47.6 Å².